The summed E-state index contributed by atoms with van der Waals surface area (Å²) < 4.78 is 12.6. The summed E-state index contributed by atoms with van der Waals surface area (Å²) in [5, 5.41) is 0. The van der Waals surface area contributed by atoms with Crippen molar-refractivity contribution in [2.75, 3.05) is 14.2 Å². The van der Waals surface area contributed by atoms with E-state index in [1.54, 1.807) is 23.8 Å². The third kappa shape index (κ3) is 3.93. The van der Waals surface area contributed by atoms with E-state index >= 15 is 0 Å². The maximum atomic E-state index is 12.7. The molecule has 2 aromatic carbocycles. The Balaban J connectivity index is 2.14. The second kappa shape index (κ2) is 7.75. The lowest BCUT2D eigenvalue weighted by atomic mass is 10.1. The molecule has 0 bridgehead atoms. The van der Waals surface area contributed by atoms with Crippen LogP contribution in [-0.4, -0.2) is 30.7 Å². The van der Waals surface area contributed by atoms with E-state index in [1.807, 2.05) is 38.1 Å². The van der Waals surface area contributed by atoms with E-state index < -0.39 is 5.97 Å². The minimum absolute atomic E-state index is 0.0259. The molecule has 6 nitrogen and oxygen atoms in total. The van der Waals surface area contributed by atoms with Gasteiger partial charge in [-0.25, -0.2) is 0 Å². The van der Waals surface area contributed by atoms with Crippen molar-refractivity contribution in [1.82, 2.24) is 4.57 Å². The van der Waals surface area contributed by atoms with Gasteiger partial charge >= 0.3 is 5.97 Å². The van der Waals surface area contributed by atoms with E-state index in [9.17, 15) is 9.59 Å². The fraction of sp³-hybridized carbons (Fsp3) is 0.250. The van der Waals surface area contributed by atoms with Gasteiger partial charge in [-0.3, -0.25) is 9.59 Å². The number of benzene rings is 2. The molecule has 0 N–H and O–H groups in total. The number of nitrogens with zero attached hydrogens (tertiary/aromatic N) is 2. The molecule has 0 saturated carbocycles. The quantitative estimate of drug-likeness (QED) is 0.648. The SMILES string of the molecule is COC(=O)Cn1c(=NC(=O)c2ccc(C)c(C)c2)sc2cc(OC)ccc21. The normalized spacial score (nSPS) is 11.6. The smallest absolute Gasteiger partial charge is 0.325 e. The molecule has 140 valence electrons. The molecule has 1 amide bonds. The van der Waals surface area contributed by atoms with Crippen LogP contribution >= 0.6 is 11.3 Å². The van der Waals surface area contributed by atoms with Crippen molar-refractivity contribution in [3.05, 3.63) is 57.9 Å². The van der Waals surface area contributed by atoms with Crippen molar-refractivity contribution in [2.24, 2.45) is 4.99 Å². The molecule has 0 radical (unpaired) electrons. The van der Waals surface area contributed by atoms with Gasteiger partial charge in [0.25, 0.3) is 5.91 Å². The molecule has 27 heavy (non-hydrogen) atoms. The number of thiazole rings is 1. The summed E-state index contributed by atoms with van der Waals surface area (Å²) in [7, 11) is 2.92. The maximum absolute atomic E-state index is 12.7. The molecule has 3 aromatic rings. The number of aryl methyl sites for hydroxylation is 2. The molecular weight excluding hydrogens is 364 g/mol. The molecule has 1 heterocycles. The van der Waals surface area contributed by atoms with Gasteiger partial charge in [0, 0.05) is 5.56 Å². The fourth-order valence-corrected chi connectivity index (χ4v) is 3.69. The third-order valence-corrected chi connectivity index (χ3v) is 5.40. The largest absolute Gasteiger partial charge is 0.497 e. The van der Waals surface area contributed by atoms with Gasteiger partial charge in [0.15, 0.2) is 4.80 Å². The number of fused-ring (bicyclic) bond motifs is 1. The average molecular weight is 384 g/mol. The summed E-state index contributed by atoms with van der Waals surface area (Å²) in [6.07, 6.45) is 0. The first-order valence-electron chi connectivity index (χ1n) is 8.33. The van der Waals surface area contributed by atoms with Crippen molar-refractivity contribution in [3.63, 3.8) is 0 Å². The zero-order chi connectivity index (χ0) is 19.6. The van der Waals surface area contributed by atoms with Crippen LogP contribution in [0.5, 0.6) is 5.75 Å². The van der Waals surface area contributed by atoms with Crippen molar-refractivity contribution in [1.29, 1.82) is 0 Å². The molecule has 1 aromatic heterocycles. The summed E-state index contributed by atoms with van der Waals surface area (Å²) in [6.45, 7) is 3.92. The Morgan fingerprint density at radius 2 is 1.85 bits per heavy atom. The Kier molecular flexibility index (Phi) is 5.41. The molecule has 0 saturated heterocycles. The van der Waals surface area contributed by atoms with Gasteiger partial charge in [-0.1, -0.05) is 17.4 Å². The van der Waals surface area contributed by atoms with Crippen LogP contribution in [0.4, 0.5) is 0 Å². The molecule has 0 aliphatic carbocycles. The first-order valence-corrected chi connectivity index (χ1v) is 9.15. The first kappa shape index (κ1) is 18.8. The number of rotatable bonds is 4. The van der Waals surface area contributed by atoms with Crippen molar-refractivity contribution in [2.45, 2.75) is 20.4 Å². The summed E-state index contributed by atoms with van der Waals surface area (Å²) >= 11 is 1.32. The topological polar surface area (TPSA) is 69.9 Å². The monoisotopic (exact) mass is 384 g/mol. The van der Waals surface area contributed by atoms with Gasteiger partial charge in [-0.15, -0.1) is 0 Å². The minimum Gasteiger partial charge on any atom is -0.497 e. The predicted molar refractivity (Wildman–Crippen MR) is 104 cm³/mol. The van der Waals surface area contributed by atoms with Crippen molar-refractivity contribution < 1.29 is 19.1 Å². The summed E-state index contributed by atoms with van der Waals surface area (Å²) in [5.74, 6) is -0.0677. The second-order valence-corrected chi connectivity index (χ2v) is 7.11. The highest BCUT2D eigenvalue weighted by Crippen LogP contribution is 2.23. The number of ether oxygens (including phenoxy) is 2. The highest BCUT2D eigenvalue weighted by Gasteiger charge is 2.13. The molecule has 0 aliphatic rings. The minimum atomic E-state index is -0.411. The number of esters is 1. The Morgan fingerprint density at radius 3 is 2.52 bits per heavy atom. The van der Waals surface area contributed by atoms with Crippen LogP contribution in [0.1, 0.15) is 21.5 Å². The lowest BCUT2D eigenvalue weighted by Crippen LogP contribution is -2.22. The van der Waals surface area contributed by atoms with E-state index in [0.717, 1.165) is 21.3 Å². The van der Waals surface area contributed by atoms with E-state index in [1.165, 1.54) is 18.4 Å². The van der Waals surface area contributed by atoms with Gasteiger partial charge in [0.05, 0.1) is 24.4 Å². The predicted octanol–water partition coefficient (Wildman–Crippen LogP) is 3.24. The van der Waals surface area contributed by atoms with E-state index in [0.29, 0.717) is 16.1 Å². The number of amides is 1. The van der Waals surface area contributed by atoms with Crippen LogP contribution in [0.25, 0.3) is 10.2 Å². The van der Waals surface area contributed by atoms with Crippen LogP contribution < -0.4 is 9.54 Å². The Hall–Kier alpha value is -2.93. The van der Waals surface area contributed by atoms with Crippen LogP contribution in [-0.2, 0) is 16.1 Å². The molecule has 3 rings (SSSR count). The standard InChI is InChI=1S/C20H20N2O4S/c1-12-5-6-14(9-13(12)2)19(24)21-20-22(11-18(23)26-4)16-8-7-15(25-3)10-17(16)27-20/h5-10H,11H2,1-4H3. The highest BCUT2D eigenvalue weighted by molar-refractivity contribution is 7.16. The van der Waals surface area contributed by atoms with Crippen LogP contribution in [0, 0.1) is 13.8 Å². The van der Waals surface area contributed by atoms with Crippen molar-refractivity contribution in [3.8, 4) is 5.75 Å². The molecule has 0 spiro atoms. The van der Waals surface area contributed by atoms with Gasteiger partial charge in [0.2, 0.25) is 0 Å². The second-order valence-electron chi connectivity index (χ2n) is 6.10. The van der Waals surface area contributed by atoms with E-state index in [2.05, 4.69) is 4.99 Å². The lowest BCUT2D eigenvalue weighted by Gasteiger charge is -2.05. The van der Waals surface area contributed by atoms with E-state index in [-0.39, 0.29) is 12.5 Å². The zero-order valence-corrected chi connectivity index (χ0v) is 16.4. The van der Waals surface area contributed by atoms with Gasteiger partial charge in [-0.2, -0.15) is 4.99 Å². The Morgan fingerprint density at radius 1 is 1.07 bits per heavy atom. The highest BCUT2D eigenvalue weighted by atomic mass is 32.1. The van der Waals surface area contributed by atoms with Gasteiger partial charge < -0.3 is 14.0 Å². The first-order chi connectivity index (χ1) is 12.9. The average Bonchev–Trinajstić information content (AvgIpc) is 2.99. The summed E-state index contributed by atoms with van der Waals surface area (Å²) in [5.41, 5.74) is 3.44. The number of aromatic nitrogens is 1. The molecule has 0 unspecified atom stereocenters. The summed E-state index contributed by atoms with van der Waals surface area (Å²) in [6, 6.07) is 11.0. The third-order valence-electron chi connectivity index (χ3n) is 4.36. The van der Waals surface area contributed by atoms with Crippen molar-refractivity contribution >= 4 is 33.4 Å². The van der Waals surface area contributed by atoms with Gasteiger partial charge in [0.1, 0.15) is 12.3 Å². The fourth-order valence-electron chi connectivity index (χ4n) is 2.64. The van der Waals surface area contributed by atoms with Crippen LogP contribution in [0.2, 0.25) is 0 Å². The van der Waals surface area contributed by atoms with Gasteiger partial charge in [-0.05, 0) is 55.3 Å². The molecular formula is C20H20N2O4S. The zero-order valence-electron chi connectivity index (χ0n) is 15.6. The van der Waals surface area contributed by atoms with Crippen LogP contribution in [0.3, 0.4) is 0 Å². The maximum Gasteiger partial charge on any atom is 0.325 e. The molecule has 7 heteroatoms. The lowest BCUT2D eigenvalue weighted by molar-refractivity contribution is -0.141. The number of hydrogen-bond acceptors (Lipinski definition) is 5. The number of hydrogen-bond donors (Lipinski definition) is 0. The number of carbonyl (C=O) groups excluding carboxylic acids is 2. The number of methoxy groups -OCH3 is 2. The molecule has 0 atom stereocenters. The molecule has 0 fully saturated rings. The Labute approximate surface area is 160 Å². The van der Waals surface area contributed by atoms with Crippen LogP contribution in [0.15, 0.2) is 41.4 Å². The Bertz CT molecular complexity index is 1100. The summed E-state index contributed by atoms with van der Waals surface area (Å²) in [4.78, 5) is 29.2. The van der Waals surface area contributed by atoms with E-state index in [4.69, 9.17) is 9.47 Å². The number of carbonyl (C=O) groups is 2. The molecule has 0 aliphatic heterocycles.